The summed E-state index contributed by atoms with van der Waals surface area (Å²) in [5.41, 5.74) is 12.4. The zero-order valence-electron chi connectivity index (χ0n) is 28.4. The van der Waals surface area contributed by atoms with Crippen molar-refractivity contribution in [1.29, 1.82) is 0 Å². The molecular weight excluding hydrogens is 569 g/mol. The number of nitrogens with zero attached hydrogens (tertiary/aromatic N) is 1. The molecule has 2 aliphatic heterocycles. The zero-order chi connectivity index (χ0) is 31.6. The summed E-state index contributed by atoms with van der Waals surface area (Å²) >= 11 is 0. The van der Waals surface area contributed by atoms with Gasteiger partial charge in [0.15, 0.2) is 0 Å². The SMILES string of the molecule is CC1(C)CC(C)(C)c2cc3c(cc21)Oc1cc([C@]2(C)/C=C/[C@@H]4CC5C[C@H]6C(C2)C5C64)cc2c1B3c1ccccc1N2c1ccccc1. The van der Waals surface area contributed by atoms with Gasteiger partial charge in [-0.1, -0.05) is 89.2 Å². The zero-order valence-corrected chi connectivity index (χ0v) is 28.4. The minimum absolute atomic E-state index is 0.0159. The third kappa shape index (κ3) is 3.39. The second-order valence-corrected chi connectivity index (χ2v) is 17.9. The standard InChI is InChI=1S/C44H44BNO/c1-42(2)24-43(3,4)32-22-37-34(21-31(32)42)45-33-13-9-10-14-35(33)46(28-11-7-6-8-12-28)36-19-27(20-38(47-37)41(36)45)44(5)16-15-25-17-26-18-29-30(23-44)40(26)39(25)29/h6-16,19-22,25-26,29-30,39-40H,17-18,23-24H2,1-5H3/b16-15+/t25-,26?,29+,30?,39?,40?,44-/m1/s1. The van der Waals surface area contributed by atoms with Crippen LogP contribution in [-0.4, -0.2) is 6.71 Å². The average Bonchev–Trinajstić information content (AvgIpc) is 3.74. The lowest BCUT2D eigenvalue weighted by Crippen LogP contribution is -2.59. The fourth-order valence-corrected chi connectivity index (χ4v) is 12.8. The Labute approximate surface area is 280 Å². The Morgan fingerprint density at radius 1 is 0.723 bits per heavy atom. The Balaban J connectivity index is 1.16. The first-order chi connectivity index (χ1) is 22.6. The second-order valence-electron chi connectivity index (χ2n) is 17.9. The fourth-order valence-electron chi connectivity index (χ4n) is 12.8. The number of benzene rings is 4. The molecule has 2 nitrogen and oxygen atoms in total. The average molecular weight is 614 g/mol. The topological polar surface area (TPSA) is 12.5 Å². The molecule has 0 aromatic heterocycles. The number of allylic oxidation sites excluding steroid dienone is 2. The van der Waals surface area contributed by atoms with E-state index >= 15 is 0 Å². The van der Waals surface area contributed by atoms with Gasteiger partial charge in [-0.05, 0) is 141 Å². The smallest absolute Gasteiger partial charge is 0.256 e. The van der Waals surface area contributed by atoms with Crippen molar-refractivity contribution in [2.75, 3.05) is 4.90 Å². The van der Waals surface area contributed by atoms with E-state index < -0.39 is 0 Å². The maximum Gasteiger partial charge on any atom is 0.256 e. The summed E-state index contributed by atoms with van der Waals surface area (Å²) in [6.07, 6.45) is 10.6. The van der Waals surface area contributed by atoms with Gasteiger partial charge in [-0.3, -0.25) is 0 Å². The van der Waals surface area contributed by atoms with Gasteiger partial charge in [0.25, 0.3) is 6.71 Å². The molecule has 234 valence electrons. The molecule has 7 atom stereocenters. The molecule has 4 unspecified atom stereocenters. The first-order valence-corrected chi connectivity index (χ1v) is 18.3. The summed E-state index contributed by atoms with van der Waals surface area (Å²) in [6.45, 7) is 12.4. The molecule has 0 N–H and O–H groups in total. The van der Waals surface area contributed by atoms with Crippen molar-refractivity contribution in [3.05, 3.63) is 108 Å². The van der Waals surface area contributed by atoms with Crippen LogP contribution >= 0.6 is 0 Å². The van der Waals surface area contributed by atoms with Gasteiger partial charge in [0.05, 0.1) is 0 Å². The van der Waals surface area contributed by atoms with Crippen LogP contribution in [0.2, 0.25) is 0 Å². The van der Waals surface area contributed by atoms with Crippen LogP contribution in [0.15, 0.2) is 91.0 Å². The Bertz CT molecular complexity index is 2060. The maximum atomic E-state index is 7.21. The van der Waals surface area contributed by atoms with Crippen LogP contribution in [-0.2, 0) is 16.2 Å². The van der Waals surface area contributed by atoms with Crippen molar-refractivity contribution in [2.45, 2.75) is 76.5 Å². The summed E-state index contributed by atoms with van der Waals surface area (Å²) in [6, 6.07) is 30.1. The van der Waals surface area contributed by atoms with Gasteiger partial charge >= 0.3 is 0 Å². The Morgan fingerprint density at radius 3 is 2.30 bits per heavy atom. The lowest BCUT2D eigenvalue weighted by molar-refractivity contribution is 0.0185. The monoisotopic (exact) mass is 613 g/mol. The number of hydrogen-bond donors (Lipinski definition) is 0. The Kier molecular flexibility index (Phi) is 5.02. The molecule has 2 heterocycles. The predicted molar refractivity (Wildman–Crippen MR) is 194 cm³/mol. The third-order valence-corrected chi connectivity index (χ3v) is 14.4. The van der Waals surface area contributed by atoms with E-state index in [0.717, 1.165) is 53.4 Å². The fraction of sp³-hybridized carbons (Fsp3) is 0.409. The summed E-state index contributed by atoms with van der Waals surface area (Å²) in [5, 5.41) is 0. The molecule has 6 bridgehead atoms. The molecule has 0 spiro atoms. The van der Waals surface area contributed by atoms with Crippen LogP contribution in [0.25, 0.3) is 0 Å². The summed E-state index contributed by atoms with van der Waals surface area (Å²) in [7, 11) is 0. The van der Waals surface area contributed by atoms with Crippen molar-refractivity contribution in [1.82, 2.24) is 0 Å². The molecule has 4 fully saturated rings. The number of fused-ring (bicyclic) bond motifs is 7. The van der Waals surface area contributed by atoms with Crippen LogP contribution in [0, 0.1) is 35.5 Å². The molecule has 3 heteroatoms. The molecule has 47 heavy (non-hydrogen) atoms. The van der Waals surface area contributed by atoms with Crippen molar-refractivity contribution in [3.63, 3.8) is 0 Å². The van der Waals surface area contributed by atoms with Gasteiger partial charge < -0.3 is 9.64 Å². The highest BCUT2D eigenvalue weighted by atomic mass is 16.5. The van der Waals surface area contributed by atoms with E-state index in [-0.39, 0.29) is 23.0 Å². The quantitative estimate of drug-likeness (QED) is 0.143. The van der Waals surface area contributed by atoms with Crippen molar-refractivity contribution in [3.8, 4) is 11.5 Å². The predicted octanol–water partition coefficient (Wildman–Crippen LogP) is 8.79. The lowest BCUT2D eigenvalue weighted by atomic mass is 9.34. The van der Waals surface area contributed by atoms with Gasteiger partial charge in [0, 0.05) is 22.5 Å². The lowest BCUT2D eigenvalue weighted by Gasteiger charge is -2.50. The summed E-state index contributed by atoms with van der Waals surface area (Å²) in [5.74, 6) is 7.68. The normalized spacial score (nSPS) is 34.0. The molecule has 0 amide bonds. The second kappa shape index (κ2) is 8.65. The number of para-hydroxylation sites is 2. The van der Waals surface area contributed by atoms with E-state index in [0.29, 0.717) is 0 Å². The van der Waals surface area contributed by atoms with E-state index in [4.69, 9.17) is 4.74 Å². The van der Waals surface area contributed by atoms with Gasteiger partial charge in [-0.15, -0.1) is 0 Å². The number of ether oxygens (including phenoxy) is 1. The van der Waals surface area contributed by atoms with E-state index in [1.165, 1.54) is 69.4 Å². The summed E-state index contributed by atoms with van der Waals surface area (Å²) < 4.78 is 7.21. The highest BCUT2D eigenvalue weighted by Gasteiger charge is 2.67. The maximum absolute atomic E-state index is 7.21. The first-order valence-electron chi connectivity index (χ1n) is 18.3. The van der Waals surface area contributed by atoms with Gasteiger partial charge in [-0.25, -0.2) is 0 Å². The molecule has 4 aromatic carbocycles. The van der Waals surface area contributed by atoms with Crippen LogP contribution < -0.4 is 26.0 Å². The molecule has 0 saturated heterocycles. The van der Waals surface area contributed by atoms with E-state index in [9.17, 15) is 0 Å². The molecule has 9 aliphatic rings. The van der Waals surface area contributed by atoms with E-state index in [1.54, 1.807) is 0 Å². The molecule has 13 rings (SSSR count). The van der Waals surface area contributed by atoms with Crippen LogP contribution in [0.5, 0.6) is 11.5 Å². The van der Waals surface area contributed by atoms with Crippen molar-refractivity contribution in [2.24, 2.45) is 35.5 Å². The number of anilines is 3. The van der Waals surface area contributed by atoms with E-state index in [2.05, 4.69) is 131 Å². The minimum atomic E-state index is -0.0159. The van der Waals surface area contributed by atoms with Gasteiger partial charge in [-0.2, -0.15) is 0 Å². The van der Waals surface area contributed by atoms with Crippen LogP contribution in [0.1, 0.15) is 77.0 Å². The highest BCUT2D eigenvalue weighted by Crippen LogP contribution is 2.73. The van der Waals surface area contributed by atoms with Crippen molar-refractivity contribution < 1.29 is 4.74 Å². The van der Waals surface area contributed by atoms with Crippen LogP contribution in [0.3, 0.4) is 0 Å². The van der Waals surface area contributed by atoms with Crippen molar-refractivity contribution >= 4 is 40.2 Å². The largest absolute Gasteiger partial charge is 0.458 e. The number of rotatable bonds is 2. The molecule has 4 aromatic rings. The van der Waals surface area contributed by atoms with Gasteiger partial charge in [0.2, 0.25) is 0 Å². The number of hydrogen-bond acceptors (Lipinski definition) is 2. The van der Waals surface area contributed by atoms with Crippen LogP contribution in [0.4, 0.5) is 17.1 Å². The molecule has 0 radical (unpaired) electrons. The molecule has 4 saturated carbocycles. The third-order valence-electron chi connectivity index (χ3n) is 14.4. The van der Waals surface area contributed by atoms with E-state index in [1.807, 2.05) is 0 Å². The molecular formula is C44H44BNO. The highest BCUT2D eigenvalue weighted by molar-refractivity contribution is 6.99. The Morgan fingerprint density at radius 2 is 1.49 bits per heavy atom. The Hall–Kier alpha value is -3.72. The first kappa shape index (κ1) is 27.3. The molecule has 7 aliphatic carbocycles. The van der Waals surface area contributed by atoms with Gasteiger partial charge in [0.1, 0.15) is 11.5 Å². The summed E-state index contributed by atoms with van der Waals surface area (Å²) in [4.78, 5) is 2.53. The minimum Gasteiger partial charge on any atom is -0.458 e.